The lowest BCUT2D eigenvalue weighted by Gasteiger charge is -2.30. The average Bonchev–Trinajstić information content (AvgIpc) is 2.27. The normalized spacial score (nSPS) is 22.8. The zero-order chi connectivity index (χ0) is 11.3. The standard InChI is InChI=1S/C12H27N3/c1-11(2)14-7-5-13-6-8-15(10-9-14)12(3)4/h11-13H,5-10H2,1-4H3. The smallest absolute Gasteiger partial charge is 0.0113 e. The SMILES string of the molecule is CC(C)N1CCNCCN(C(C)C)CC1. The number of nitrogens with one attached hydrogen (secondary N) is 1. The third-order valence-corrected chi connectivity index (χ3v) is 3.29. The van der Waals surface area contributed by atoms with Crippen LogP contribution < -0.4 is 5.32 Å². The molecule has 0 unspecified atom stereocenters. The first-order valence-electron chi connectivity index (χ1n) is 6.30. The molecule has 90 valence electrons. The summed E-state index contributed by atoms with van der Waals surface area (Å²) >= 11 is 0. The molecule has 3 heteroatoms. The van der Waals surface area contributed by atoms with Gasteiger partial charge >= 0.3 is 0 Å². The first kappa shape index (κ1) is 12.9. The lowest BCUT2D eigenvalue weighted by atomic mass is 10.3. The molecule has 1 aliphatic rings. The van der Waals surface area contributed by atoms with Gasteiger partial charge in [0.2, 0.25) is 0 Å². The van der Waals surface area contributed by atoms with Crippen molar-refractivity contribution in [2.24, 2.45) is 0 Å². The summed E-state index contributed by atoms with van der Waals surface area (Å²) < 4.78 is 0. The van der Waals surface area contributed by atoms with E-state index >= 15 is 0 Å². The molecule has 1 saturated heterocycles. The van der Waals surface area contributed by atoms with E-state index in [0.717, 1.165) is 13.1 Å². The summed E-state index contributed by atoms with van der Waals surface area (Å²) in [5.74, 6) is 0. The lowest BCUT2D eigenvalue weighted by molar-refractivity contribution is 0.169. The minimum absolute atomic E-state index is 0.666. The van der Waals surface area contributed by atoms with Crippen LogP contribution in [0.3, 0.4) is 0 Å². The fourth-order valence-electron chi connectivity index (χ4n) is 2.08. The van der Waals surface area contributed by atoms with Crippen LogP contribution in [0.5, 0.6) is 0 Å². The Bertz CT molecular complexity index is 150. The third-order valence-electron chi connectivity index (χ3n) is 3.29. The quantitative estimate of drug-likeness (QED) is 0.738. The van der Waals surface area contributed by atoms with Gasteiger partial charge in [0.05, 0.1) is 0 Å². The maximum atomic E-state index is 3.51. The van der Waals surface area contributed by atoms with Gasteiger partial charge in [0.1, 0.15) is 0 Å². The molecule has 0 spiro atoms. The fourth-order valence-corrected chi connectivity index (χ4v) is 2.08. The first-order chi connectivity index (χ1) is 7.11. The fraction of sp³-hybridized carbons (Fsp3) is 1.00. The van der Waals surface area contributed by atoms with Crippen molar-refractivity contribution in [2.45, 2.75) is 39.8 Å². The molecule has 0 aromatic rings. The van der Waals surface area contributed by atoms with Crippen LogP contribution >= 0.6 is 0 Å². The van der Waals surface area contributed by atoms with Crippen LogP contribution in [0, 0.1) is 0 Å². The zero-order valence-electron chi connectivity index (χ0n) is 10.8. The lowest BCUT2D eigenvalue weighted by Crippen LogP contribution is -2.41. The van der Waals surface area contributed by atoms with Gasteiger partial charge in [-0.25, -0.2) is 0 Å². The number of hydrogen-bond donors (Lipinski definition) is 1. The number of rotatable bonds is 2. The molecule has 3 nitrogen and oxygen atoms in total. The van der Waals surface area contributed by atoms with E-state index in [4.69, 9.17) is 0 Å². The van der Waals surface area contributed by atoms with Crippen molar-refractivity contribution in [2.75, 3.05) is 39.3 Å². The van der Waals surface area contributed by atoms with Crippen LogP contribution in [-0.2, 0) is 0 Å². The molecule has 0 radical (unpaired) electrons. The Morgan fingerprint density at radius 1 is 0.733 bits per heavy atom. The molecule has 1 aliphatic heterocycles. The van der Waals surface area contributed by atoms with Gasteiger partial charge in [-0.1, -0.05) is 0 Å². The maximum absolute atomic E-state index is 3.51. The van der Waals surface area contributed by atoms with E-state index in [2.05, 4.69) is 42.8 Å². The van der Waals surface area contributed by atoms with Crippen molar-refractivity contribution in [1.29, 1.82) is 0 Å². The minimum Gasteiger partial charge on any atom is -0.314 e. The van der Waals surface area contributed by atoms with Gasteiger partial charge in [0, 0.05) is 51.4 Å². The maximum Gasteiger partial charge on any atom is 0.0113 e. The minimum atomic E-state index is 0.666. The predicted octanol–water partition coefficient (Wildman–Crippen LogP) is 1.01. The number of hydrogen-bond acceptors (Lipinski definition) is 3. The molecule has 1 N–H and O–H groups in total. The van der Waals surface area contributed by atoms with Crippen LogP contribution in [0.15, 0.2) is 0 Å². The van der Waals surface area contributed by atoms with Gasteiger partial charge in [-0.3, -0.25) is 9.80 Å². The molecule has 1 fully saturated rings. The molecule has 0 amide bonds. The predicted molar refractivity (Wildman–Crippen MR) is 66.3 cm³/mol. The highest BCUT2D eigenvalue weighted by molar-refractivity contribution is 4.72. The zero-order valence-corrected chi connectivity index (χ0v) is 10.8. The second-order valence-electron chi connectivity index (χ2n) is 5.01. The summed E-state index contributed by atoms with van der Waals surface area (Å²) in [6.45, 7) is 16.2. The Balaban J connectivity index is 2.47. The van der Waals surface area contributed by atoms with Crippen molar-refractivity contribution < 1.29 is 0 Å². The Kier molecular flexibility index (Phi) is 5.58. The summed E-state index contributed by atoms with van der Waals surface area (Å²) in [5.41, 5.74) is 0. The molecule has 0 aromatic carbocycles. The van der Waals surface area contributed by atoms with Gasteiger partial charge in [-0.2, -0.15) is 0 Å². The molecule has 15 heavy (non-hydrogen) atoms. The van der Waals surface area contributed by atoms with E-state index in [1.54, 1.807) is 0 Å². The Morgan fingerprint density at radius 3 is 1.47 bits per heavy atom. The molecule has 0 aliphatic carbocycles. The second kappa shape index (κ2) is 6.46. The molecule has 1 rings (SSSR count). The molecule has 1 heterocycles. The van der Waals surface area contributed by atoms with Crippen molar-refractivity contribution in [3.05, 3.63) is 0 Å². The van der Waals surface area contributed by atoms with Crippen molar-refractivity contribution in [3.63, 3.8) is 0 Å². The molecular formula is C12H27N3. The highest BCUT2D eigenvalue weighted by atomic mass is 15.2. The summed E-state index contributed by atoms with van der Waals surface area (Å²) in [7, 11) is 0. The molecule has 0 aromatic heterocycles. The summed E-state index contributed by atoms with van der Waals surface area (Å²) in [4.78, 5) is 5.13. The van der Waals surface area contributed by atoms with E-state index in [1.165, 1.54) is 26.2 Å². The number of nitrogens with zero attached hydrogens (tertiary/aromatic N) is 2. The Morgan fingerprint density at radius 2 is 1.13 bits per heavy atom. The Labute approximate surface area is 94.8 Å². The molecular weight excluding hydrogens is 186 g/mol. The van der Waals surface area contributed by atoms with Crippen molar-refractivity contribution in [3.8, 4) is 0 Å². The van der Waals surface area contributed by atoms with E-state index in [1.807, 2.05) is 0 Å². The van der Waals surface area contributed by atoms with Crippen LogP contribution in [-0.4, -0.2) is 61.2 Å². The topological polar surface area (TPSA) is 18.5 Å². The third kappa shape index (κ3) is 4.49. The van der Waals surface area contributed by atoms with Crippen LogP contribution in [0.2, 0.25) is 0 Å². The molecule has 0 atom stereocenters. The van der Waals surface area contributed by atoms with Crippen molar-refractivity contribution in [1.82, 2.24) is 15.1 Å². The van der Waals surface area contributed by atoms with Gasteiger partial charge in [0.25, 0.3) is 0 Å². The van der Waals surface area contributed by atoms with E-state index < -0.39 is 0 Å². The summed E-state index contributed by atoms with van der Waals surface area (Å²) in [6, 6.07) is 1.33. The van der Waals surface area contributed by atoms with E-state index in [9.17, 15) is 0 Å². The average molecular weight is 213 g/mol. The monoisotopic (exact) mass is 213 g/mol. The molecule has 0 saturated carbocycles. The summed E-state index contributed by atoms with van der Waals surface area (Å²) in [5, 5.41) is 3.51. The van der Waals surface area contributed by atoms with E-state index in [0.29, 0.717) is 12.1 Å². The van der Waals surface area contributed by atoms with Crippen LogP contribution in [0.4, 0.5) is 0 Å². The van der Waals surface area contributed by atoms with Crippen LogP contribution in [0.25, 0.3) is 0 Å². The van der Waals surface area contributed by atoms with Crippen molar-refractivity contribution >= 4 is 0 Å². The largest absolute Gasteiger partial charge is 0.314 e. The Hall–Kier alpha value is -0.120. The van der Waals surface area contributed by atoms with Gasteiger partial charge in [-0.05, 0) is 27.7 Å². The van der Waals surface area contributed by atoms with Crippen LogP contribution in [0.1, 0.15) is 27.7 Å². The summed E-state index contributed by atoms with van der Waals surface area (Å²) in [6.07, 6.45) is 0. The first-order valence-corrected chi connectivity index (χ1v) is 6.30. The van der Waals surface area contributed by atoms with Gasteiger partial charge < -0.3 is 5.32 Å². The highest BCUT2D eigenvalue weighted by Crippen LogP contribution is 2.03. The second-order valence-corrected chi connectivity index (χ2v) is 5.01. The van der Waals surface area contributed by atoms with Gasteiger partial charge in [-0.15, -0.1) is 0 Å². The van der Waals surface area contributed by atoms with Gasteiger partial charge in [0.15, 0.2) is 0 Å². The van der Waals surface area contributed by atoms with E-state index in [-0.39, 0.29) is 0 Å². The molecule has 0 bridgehead atoms. The highest BCUT2D eigenvalue weighted by Gasteiger charge is 2.15.